The molecule has 0 radical (unpaired) electrons. The summed E-state index contributed by atoms with van der Waals surface area (Å²) in [5.41, 5.74) is 3.24. The van der Waals surface area contributed by atoms with E-state index in [1.165, 1.54) is 24.2 Å². The molecule has 4 rings (SSSR count). The largest absolute Gasteiger partial charge is 0.396 e. The highest BCUT2D eigenvalue weighted by Crippen LogP contribution is 2.42. The minimum absolute atomic E-state index is 0.326. The van der Waals surface area contributed by atoms with Crippen LogP contribution in [-0.2, 0) is 0 Å². The SMILES string of the molecule is Cc1nc2ccnn2c(N2[C@@H]3CC[C@H]2CC(CO)C3)c1C. The standard InChI is InChI=1S/C16H22N4O/c1-10-11(2)18-15-5-6-17-20(15)16(10)19-13-3-4-14(19)8-12(7-13)9-21/h5-6,12-14,21H,3-4,7-9H2,1-2H3/t12?,13-,14+. The molecule has 1 N–H and O–H groups in total. The summed E-state index contributed by atoms with van der Waals surface area (Å²) in [4.78, 5) is 7.19. The van der Waals surface area contributed by atoms with Crippen LogP contribution < -0.4 is 4.90 Å². The molecule has 21 heavy (non-hydrogen) atoms. The number of aryl methyl sites for hydroxylation is 1. The minimum Gasteiger partial charge on any atom is -0.396 e. The number of hydrogen-bond donors (Lipinski definition) is 1. The highest BCUT2D eigenvalue weighted by molar-refractivity contribution is 5.58. The normalized spacial score (nSPS) is 28.5. The maximum absolute atomic E-state index is 9.50. The monoisotopic (exact) mass is 286 g/mol. The molecule has 0 spiro atoms. The minimum atomic E-state index is 0.326. The van der Waals surface area contributed by atoms with Gasteiger partial charge in [0.15, 0.2) is 5.65 Å². The first-order valence-electron chi connectivity index (χ1n) is 7.89. The number of fused-ring (bicyclic) bond motifs is 3. The second-order valence-electron chi connectivity index (χ2n) is 6.56. The average molecular weight is 286 g/mol. The van der Waals surface area contributed by atoms with Crippen molar-refractivity contribution in [3.8, 4) is 0 Å². The zero-order valence-corrected chi connectivity index (χ0v) is 12.7. The summed E-state index contributed by atoms with van der Waals surface area (Å²) in [6, 6.07) is 3.04. The molecule has 3 atom stereocenters. The van der Waals surface area contributed by atoms with Crippen LogP contribution in [0.15, 0.2) is 12.3 Å². The van der Waals surface area contributed by atoms with Crippen molar-refractivity contribution in [3.05, 3.63) is 23.5 Å². The van der Waals surface area contributed by atoms with E-state index >= 15 is 0 Å². The smallest absolute Gasteiger partial charge is 0.157 e. The van der Waals surface area contributed by atoms with Crippen LogP contribution in [0.4, 0.5) is 5.82 Å². The summed E-state index contributed by atoms with van der Waals surface area (Å²) in [7, 11) is 0. The molecule has 1 unspecified atom stereocenters. The predicted octanol–water partition coefficient (Wildman–Crippen LogP) is 2.09. The van der Waals surface area contributed by atoms with Gasteiger partial charge < -0.3 is 10.0 Å². The molecule has 2 aliphatic rings. The molecule has 2 saturated heterocycles. The van der Waals surface area contributed by atoms with Crippen molar-refractivity contribution in [2.24, 2.45) is 5.92 Å². The van der Waals surface area contributed by atoms with Crippen LogP contribution in [0.25, 0.3) is 5.65 Å². The second kappa shape index (κ2) is 4.70. The van der Waals surface area contributed by atoms with E-state index in [1.807, 2.05) is 16.8 Å². The second-order valence-corrected chi connectivity index (χ2v) is 6.56. The van der Waals surface area contributed by atoms with Crippen molar-refractivity contribution in [2.45, 2.75) is 51.6 Å². The first-order chi connectivity index (χ1) is 10.2. The average Bonchev–Trinajstić information content (AvgIpc) is 3.02. The Morgan fingerprint density at radius 3 is 2.62 bits per heavy atom. The topological polar surface area (TPSA) is 53.7 Å². The van der Waals surface area contributed by atoms with E-state index in [4.69, 9.17) is 0 Å². The van der Waals surface area contributed by atoms with Gasteiger partial charge in [0.05, 0.1) is 6.20 Å². The van der Waals surface area contributed by atoms with Crippen molar-refractivity contribution in [1.82, 2.24) is 14.6 Å². The fourth-order valence-electron chi connectivity index (χ4n) is 4.21. The van der Waals surface area contributed by atoms with Gasteiger partial charge in [-0.1, -0.05) is 0 Å². The van der Waals surface area contributed by atoms with Crippen LogP contribution in [0.5, 0.6) is 0 Å². The Morgan fingerprint density at radius 2 is 1.95 bits per heavy atom. The lowest BCUT2D eigenvalue weighted by Gasteiger charge is -2.40. The van der Waals surface area contributed by atoms with Crippen LogP contribution in [0.2, 0.25) is 0 Å². The number of rotatable bonds is 2. The third-order valence-electron chi connectivity index (χ3n) is 5.32. The van der Waals surface area contributed by atoms with Gasteiger partial charge >= 0.3 is 0 Å². The summed E-state index contributed by atoms with van der Waals surface area (Å²) in [6.45, 7) is 4.55. The molecular weight excluding hydrogens is 264 g/mol. The number of aliphatic hydroxyl groups excluding tert-OH is 1. The van der Waals surface area contributed by atoms with E-state index in [-0.39, 0.29) is 0 Å². The van der Waals surface area contributed by atoms with Crippen molar-refractivity contribution in [1.29, 1.82) is 0 Å². The first kappa shape index (κ1) is 13.1. The zero-order chi connectivity index (χ0) is 14.6. The molecule has 112 valence electrons. The molecule has 0 saturated carbocycles. The molecular formula is C16H22N4O. The van der Waals surface area contributed by atoms with E-state index in [0.29, 0.717) is 24.6 Å². The van der Waals surface area contributed by atoms with E-state index < -0.39 is 0 Å². The highest BCUT2D eigenvalue weighted by Gasteiger charge is 2.42. The molecule has 2 fully saturated rings. The van der Waals surface area contributed by atoms with E-state index in [9.17, 15) is 5.11 Å². The van der Waals surface area contributed by atoms with Crippen molar-refractivity contribution >= 4 is 11.5 Å². The third kappa shape index (κ3) is 1.87. The Balaban J connectivity index is 1.84. The van der Waals surface area contributed by atoms with Crippen LogP contribution in [0, 0.1) is 19.8 Å². The maximum Gasteiger partial charge on any atom is 0.157 e. The number of nitrogens with zero attached hydrogens (tertiary/aromatic N) is 4. The molecule has 4 heterocycles. The Hall–Kier alpha value is -1.62. The lowest BCUT2D eigenvalue weighted by atomic mass is 9.91. The molecule has 2 aromatic heterocycles. The van der Waals surface area contributed by atoms with Gasteiger partial charge in [0.1, 0.15) is 5.82 Å². The number of hydrogen-bond acceptors (Lipinski definition) is 4. The molecule has 5 nitrogen and oxygen atoms in total. The molecule has 2 aliphatic heterocycles. The van der Waals surface area contributed by atoms with Gasteiger partial charge in [-0.3, -0.25) is 0 Å². The van der Waals surface area contributed by atoms with Gasteiger partial charge in [-0.2, -0.15) is 9.61 Å². The fraction of sp³-hybridized carbons (Fsp3) is 0.625. The van der Waals surface area contributed by atoms with Gasteiger partial charge in [0, 0.05) is 36.0 Å². The Labute approximate surface area is 124 Å². The molecule has 2 aromatic rings. The Kier molecular flexibility index (Phi) is 2.92. The lowest BCUT2D eigenvalue weighted by molar-refractivity contribution is 0.185. The zero-order valence-electron chi connectivity index (χ0n) is 12.7. The first-order valence-corrected chi connectivity index (χ1v) is 7.89. The van der Waals surface area contributed by atoms with Gasteiger partial charge in [-0.25, -0.2) is 4.98 Å². The number of piperidine rings is 1. The highest BCUT2D eigenvalue weighted by atomic mass is 16.3. The van der Waals surface area contributed by atoms with Crippen LogP contribution in [0.1, 0.15) is 36.9 Å². The number of aliphatic hydroxyl groups is 1. The van der Waals surface area contributed by atoms with Crippen molar-refractivity contribution < 1.29 is 5.11 Å². The fourth-order valence-corrected chi connectivity index (χ4v) is 4.21. The van der Waals surface area contributed by atoms with Gasteiger partial charge in [0.25, 0.3) is 0 Å². The lowest BCUT2D eigenvalue weighted by Crippen LogP contribution is -2.45. The summed E-state index contributed by atoms with van der Waals surface area (Å²) < 4.78 is 1.99. The number of anilines is 1. The molecule has 0 amide bonds. The maximum atomic E-state index is 9.50. The molecule has 0 aromatic carbocycles. The third-order valence-corrected chi connectivity index (χ3v) is 5.32. The van der Waals surface area contributed by atoms with Crippen molar-refractivity contribution in [2.75, 3.05) is 11.5 Å². The van der Waals surface area contributed by atoms with Gasteiger partial charge in [-0.15, -0.1) is 0 Å². The number of aromatic nitrogens is 3. The van der Waals surface area contributed by atoms with E-state index in [2.05, 4.69) is 28.8 Å². The van der Waals surface area contributed by atoms with Crippen molar-refractivity contribution in [3.63, 3.8) is 0 Å². The Morgan fingerprint density at radius 1 is 1.24 bits per heavy atom. The van der Waals surface area contributed by atoms with Crippen LogP contribution >= 0.6 is 0 Å². The van der Waals surface area contributed by atoms with Gasteiger partial charge in [-0.05, 0) is 45.4 Å². The van der Waals surface area contributed by atoms with Gasteiger partial charge in [0.2, 0.25) is 0 Å². The molecule has 5 heteroatoms. The quantitative estimate of drug-likeness (QED) is 0.918. The summed E-state index contributed by atoms with van der Waals surface area (Å²) in [6.07, 6.45) is 6.47. The molecule has 2 bridgehead atoms. The summed E-state index contributed by atoms with van der Waals surface area (Å²) in [5, 5.41) is 14.0. The Bertz CT molecular complexity index is 666. The van der Waals surface area contributed by atoms with E-state index in [1.54, 1.807) is 0 Å². The summed E-state index contributed by atoms with van der Waals surface area (Å²) >= 11 is 0. The van der Waals surface area contributed by atoms with Crippen LogP contribution in [-0.4, -0.2) is 38.4 Å². The molecule has 0 aliphatic carbocycles. The van der Waals surface area contributed by atoms with Crippen LogP contribution in [0.3, 0.4) is 0 Å². The van der Waals surface area contributed by atoms with E-state index in [0.717, 1.165) is 24.2 Å². The summed E-state index contributed by atoms with van der Waals surface area (Å²) in [5.74, 6) is 1.68. The predicted molar refractivity (Wildman–Crippen MR) is 81.6 cm³/mol.